The third kappa shape index (κ3) is 3.99. The topological polar surface area (TPSA) is 75.6 Å². The molecule has 0 radical (unpaired) electrons. The minimum Gasteiger partial charge on any atom is -0.482 e. The van der Waals surface area contributed by atoms with E-state index in [2.05, 4.69) is 5.32 Å². The van der Waals surface area contributed by atoms with Gasteiger partial charge < -0.3 is 15.2 Å². The van der Waals surface area contributed by atoms with E-state index in [1.54, 1.807) is 37.3 Å². The van der Waals surface area contributed by atoms with E-state index in [9.17, 15) is 9.59 Å². The Morgan fingerprint density at radius 1 is 1.23 bits per heavy atom. The fourth-order valence-electron chi connectivity index (χ4n) is 1.78. The lowest BCUT2D eigenvalue weighted by Gasteiger charge is -2.11. The second-order valence-electron chi connectivity index (χ2n) is 4.60. The SMILES string of the molecule is Cc1ccc(C(=O)O)cc1NC(=O)COc1ccccc1Cl. The first-order valence-corrected chi connectivity index (χ1v) is 6.86. The van der Waals surface area contributed by atoms with E-state index in [1.807, 2.05) is 0 Å². The molecule has 0 aromatic heterocycles. The van der Waals surface area contributed by atoms with Gasteiger partial charge in [0.25, 0.3) is 5.91 Å². The summed E-state index contributed by atoms with van der Waals surface area (Å²) in [6, 6.07) is 11.4. The molecule has 0 bridgehead atoms. The number of nitrogens with one attached hydrogen (secondary N) is 1. The molecule has 0 saturated carbocycles. The summed E-state index contributed by atoms with van der Waals surface area (Å²) in [4.78, 5) is 22.9. The van der Waals surface area contributed by atoms with Crippen LogP contribution in [-0.4, -0.2) is 23.6 Å². The molecule has 5 nitrogen and oxygen atoms in total. The number of ether oxygens (including phenoxy) is 1. The molecule has 0 heterocycles. The number of hydrogen-bond donors (Lipinski definition) is 2. The van der Waals surface area contributed by atoms with Crippen molar-refractivity contribution in [3.8, 4) is 5.75 Å². The normalized spacial score (nSPS) is 10.1. The van der Waals surface area contributed by atoms with Crippen molar-refractivity contribution < 1.29 is 19.4 Å². The number of halogens is 1. The third-order valence-corrected chi connectivity index (χ3v) is 3.27. The summed E-state index contributed by atoms with van der Waals surface area (Å²) < 4.78 is 5.33. The molecule has 0 saturated heterocycles. The zero-order valence-corrected chi connectivity index (χ0v) is 12.6. The highest BCUT2D eigenvalue weighted by molar-refractivity contribution is 6.32. The van der Waals surface area contributed by atoms with Crippen LogP contribution in [0.4, 0.5) is 5.69 Å². The van der Waals surface area contributed by atoms with E-state index in [0.29, 0.717) is 16.5 Å². The predicted molar refractivity (Wildman–Crippen MR) is 83.7 cm³/mol. The highest BCUT2D eigenvalue weighted by Crippen LogP contribution is 2.23. The Hall–Kier alpha value is -2.53. The van der Waals surface area contributed by atoms with Crippen molar-refractivity contribution in [1.82, 2.24) is 0 Å². The van der Waals surface area contributed by atoms with E-state index >= 15 is 0 Å². The van der Waals surface area contributed by atoms with Crippen LogP contribution in [0.1, 0.15) is 15.9 Å². The quantitative estimate of drug-likeness (QED) is 0.886. The molecule has 0 fully saturated rings. The van der Waals surface area contributed by atoms with Crippen molar-refractivity contribution in [3.05, 3.63) is 58.6 Å². The van der Waals surface area contributed by atoms with Gasteiger partial charge in [-0.25, -0.2) is 4.79 Å². The van der Waals surface area contributed by atoms with Crippen molar-refractivity contribution in [2.45, 2.75) is 6.92 Å². The van der Waals surface area contributed by atoms with E-state index in [-0.39, 0.29) is 12.2 Å². The molecule has 0 aliphatic heterocycles. The molecular weight excluding hydrogens is 306 g/mol. The van der Waals surface area contributed by atoms with Gasteiger partial charge in [0.15, 0.2) is 6.61 Å². The summed E-state index contributed by atoms with van der Waals surface area (Å²) in [5, 5.41) is 12.0. The van der Waals surface area contributed by atoms with E-state index in [4.69, 9.17) is 21.4 Å². The summed E-state index contributed by atoms with van der Waals surface area (Å²) in [5.74, 6) is -1.04. The van der Waals surface area contributed by atoms with Crippen LogP contribution in [0.5, 0.6) is 5.75 Å². The van der Waals surface area contributed by atoms with Crippen molar-refractivity contribution in [2.24, 2.45) is 0 Å². The average molecular weight is 320 g/mol. The van der Waals surface area contributed by atoms with Crippen LogP contribution in [-0.2, 0) is 4.79 Å². The molecule has 2 N–H and O–H groups in total. The Bertz CT molecular complexity index is 715. The number of amides is 1. The molecule has 0 aliphatic carbocycles. The van der Waals surface area contributed by atoms with Gasteiger partial charge in [0, 0.05) is 5.69 Å². The lowest BCUT2D eigenvalue weighted by atomic mass is 10.1. The molecule has 2 aromatic carbocycles. The average Bonchev–Trinajstić information content (AvgIpc) is 2.48. The Labute approximate surface area is 132 Å². The third-order valence-electron chi connectivity index (χ3n) is 2.95. The molecule has 2 aromatic rings. The minimum atomic E-state index is -1.05. The van der Waals surface area contributed by atoms with Gasteiger partial charge in [0.05, 0.1) is 10.6 Å². The first-order chi connectivity index (χ1) is 10.5. The molecule has 2 rings (SSSR count). The smallest absolute Gasteiger partial charge is 0.335 e. The van der Waals surface area contributed by atoms with Crippen LogP contribution in [0.25, 0.3) is 0 Å². The van der Waals surface area contributed by atoms with Crippen molar-refractivity contribution in [3.63, 3.8) is 0 Å². The largest absolute Gasteiger partial charge is 0.482 e. The van der Waals surface area contributed by atoms with Gasteiger partial charge in [0.2, 0.25) is 0 Å². The molecule has 0 spiro atoms. The van der Waals surface area contributed by atoms with Gasteiger partial charge in [-0.15, -0.1) is 0 Å². The summed E-state index contributed by atoms with van der Waals surface area (Å²) in [6.45, 7) is 1.55. The maximum absolute atomic E-state index is 11.9. The second kappa shape index (κ2) is 6.95. The molecule has 114 valence electrons. The molecule has 1 amide bonds. The molecule has 22 heavy (non-hydrogen) atoms. The van der Waals surface area contributed by atoms with Crippen LogP contribution in [0, 0.1) is 6.92 Å². The summed E-state index contributed by atoms with van der Waals surface area (Å²) >= 11 is 5.93. The lowest BCUT2D eigenvalue weighted by Crippen LogP contribution is -2.21. The van der Waals surface area contributed by atoms with Gasteiger partial charge in [-0.3, -0.25) is 4.79 Å². The van der Waals surface area contributed by atoms with Crippen molar-refractivity contribution >= 4 is 29.2 Å². The van der Waals surface area contributed by atoms with Crippen LogP contribution >= 0.6 is 11.6 Å². The molecule has 0 aliphatic rings. The minimum absolute atomic E-state index is 0.105. The van der Waals surface area contributed by atoms with Gasteiger partial charge >= 0.3 is 5.97 Å². The lowest BCUT2D eigenvalue weighted by molar-refractivity contribution is -0.118. The van der Waals surface area contributed by atoms with Gasteiger partial charge in [-0.1, -0.05) is 29.8 Å². The summed E-state index contributed by atoms with van der Waals surface area (Å²) in [5.41, 5.74) is 1.30. The number of rotatable bonds is 5. The van der Waals surface area contributed by atoms with Crippen LogP contribution in [0.15, 0.2) is 42.5 Å². The highest BCUT2D eigenvalue weighted by Gasteiger charge is 2.10. The Morgan fingerprint density at radius 3 is 2.64 bits per heavy atom. The zero-order valence-electron chi connectivity index (χ0n) is 11.8. The van der Waals surface area contributed by atoms with E-state index in [0.717, 1.165) is 5.56 Å². The number of carbonyl (C=O) groups excluding carboxylic acids is 1. The predicted octanol–water partition coefficient (Wildman–Crippen LogP) is 3.36. The maximum Gasteiger partial charge on any atom is 0.335 e. The van der Waals surface area contributed by atoms with Gasteiger partial charge in [-0.2, -0.15) is 0 Å². The van der Waals surface area contributed by atoms with E-state index in [1.165, 1.54) is 12.1 Å². The molecule has 0 unspecified atom stereocenters. The summed E-state index contributed by atoms with van der Waals surface area (Å²) in [6.07, 6.45) is 0. The first kappa shape index (κ1) is 15.9. The molecule has 6 heteroatoms. The highest BCUT2D eigenvalue weighted by atomic mass is 35.5. The van der Waals surface area contributed by atoms with Crippen molar-refractivity contribution in [2.75, 3.05) is 11.9 Å². The monoisotopic (exact) mass is 319 g/mol. The van der Waals surface area contributed by atoms with E-state index < -0.39 is 11.9 Å². The molecule has 0 atom stereocenters. The number of carboxylic acid groups (broad SMARTS) is 1. The number of carbonyl (C=O) groups is 2. The fourth-order valence-corrected chi connectivity index (χ4v) is 1.97. The first-order valence-electron chi connectivity index (χ1n) is 6.48. The number of aryl methyl sites for hydroxylation is 1. The number of aromatic carboxylic acids is 1. The van der Waals surface area contributed by atoms with Crippen molar-refractivity contribution in [1.29, 1.82) is 0 Å². The van der Waals surface area contributed by atoms with Crippen LogP contribution in [0.3, 0.4) is 0 Å². The van der Waals surface area contributed by atoms with Gasteiger partial charge in [0.1, 0.15) is 5.75 Å². The number of hydrogen-bond acceptors (Lipinski definition) is 3. The second-order valence-corrected chi connectivity index (χ2v) is 5.01. The number of para-hydroxylation sites is 1. The fraction of sp³-hybridized carbons (Fsp3) is 0.125. The Morgan fingerprint density at radius 2 is 1.95 bits per heavy atom. The standard InChI is InChI=1S/C16H14ClNO4/c1-10-6-7-11(16(20)21)8-13(10)18-15(19)9-22-14-5-3-2-4-12(14)17/h2-8H,9H2,1H3,(H,18,19)(H,20,21). The maximum atomic E-state index is 11.9. The number of benzene rings is 2. The van der Waals surface area contributed by atoms with Crippen LogP contribution < -0.4 is 10.1 Å². The molecular formula is C16H14ClNO4. The summed E-state index contributed by atoms with van der Waals surface area (Å²) in [7, 11) is 0. The number of carboxylic acids is 1. The zero-order chi connectivity index (χ0) is 16.1. The van der Waals surface area contributed by atoms with Crippen LogP contribution in [0.2, 0.25) is 5.02 Å². The Balaban J connectivity index is 2.02. The number of anilines is 1. The van der Waals surface area contributed by atoms with Gasteiger partial charge in [-0.05, 0) is 36.8 Å². The Kier molecular flexibility index (Phi) is 5.01.